The quantitative estimate of drug-likeness (QED) is 0.737. The Labute approximate surface area is 99.9 Å². The Morgan fingerprint density at radius 3 is 2.50 bits per heavy atom. The third-order valence-electron chi connectivity index (χ3n) is 2.43. The number of carbonyl (C=O) groups excluding carboxylic acids is 1. The Kier molecular flexibility index (Phi) is 5.34. The van der Waals surface area contributed by atoms with Crippen molar-refractivity contribution in [2.75, 3.05) is 25.0 Å². The SMILES string of the molecule is CCc1nnc(NC(=O)C[NH+](CC)CC)s1. The molecule has 0 unspecified atom stereocenters. The Morgan fingerprint density at radius 2 is 2.00 bits per heavy atom. The standard InChI is InChI=1S/C10H18N4OS/c1-4-9-12-13-10(16-9)11-8(15)7-14(5-2)6-3/h4-7H2,1-3H3,(H,11,13,15)/p+1. The molecule has 6 heteroatoms. The van der Waals surface area contributed by atoms with Crippen molar-refractivity contribution in [2.24, 2.45) is 0 Å². The molecule has 0 saturated heterocycles. The molecule has 1 amide bonds. The summed E-state index contributed by atoms with van der Waals surface area (Å²) in [6.07, 6.45) is 0.856. The van der Waals surface area contributed by atoms with Gasteiger partial charge in [0.2, 0.25) is 5.13 Å². The zero-order chi connectivity index (χ0) is 12.0. The van der Waals surface area contributed by atoms with Crippen molar-refractivity contribution in [3.63, 3.8) is 0 Å². The second kappa shape index (κ2) is 6.55. The average molecular weight is 243 g/mol. The lowest BCUT2D eigenvalue weighted by molar-refractivity contribution is -0.888. The first-order chi connectivity index (χ1) is 7.69. The number of amides is 1. The van der Waals surface area contributed by atoms with Gasteiger partial charge in [0.15, 0.2) is 6.54 Å². The van der Waals surface area contributed by atoms with E-state index in [1.54, 1.807) is 0 Å². The van der Waals surface area contributed by atoms with E-state index in [2.05, 4.69) is 29.4 Å². The smallest absolute Gasteiger partial charge is 0.281 e. The summed E-state index contributed by atoms with van der Waals surface area (Å²) in [6, 6.07) is 0. The predicted octanol–water partition coefficient (Wildman–Crippen LogP) is -0.0363. The number of hydrogen-bond acceptors (Lipinski definition) is 4. The second-order valence-electron chi connectivity index (χ2n) is 3.54. The molecular weight excluding hydrogens is 224 g/mol. The molecule has 1 rings (SSSR count). The van der Waals surface area contributed by atoms with Crippen LogP contribution in [0.1, 0.15) is 25.8 Å². The summed E-state index contributed by atoms with van der Waals surface area (Å²) in [7, 11) is 0. The molecule has 0 saturated carbocycles. The summed E-state index contributed by atoms with van der Waals surface area (Å²) < 4.78 is 0. The van der Waals surface area contributed by atoms with Gasteiger partial charge in [0.05, 0.1) is 13.1 Å². The Morgan fingerprint density at radius 1 is 1.31 bits per heavy atom. The fraction of sp³-hybridized carbons (Fsp3) is 0.700. The van der Waals surface area contributed by atoms with E-state index in [0.717, 1.165) is 24.5 Å². The third kappa shape index (κ3) is 3.86. The van der Waals surface area contributed by atoms with Gasteiger partial charge in [-0.2, -0.15) is 0 Å². The van der Waals surface area contributed by atoms with E-state index in [1.165, 1.54) is 16.2 Å². The normalized spacial score (nSPS) is 10.8. The van der Waals surface area contributed by atoms with Crippen molar-refractivity contribution in [2.45, 2.75) is 27.2 Å². The molecule has 0 bridgehead atoms. The summed E-state index contributed by atoms with van der Waals surface area (Å²) in [6.45, 7) is 8.58. The molecule has 5 nitrogen and oxygen atoms in total. The number of carbonyl (C=O) groups is 1. The monoisotopic (exact) mass is 243 g/mol. The third-order valence-corrected chi connectivity index (χ3v) is 3.41. The zero-order valence-electron chi connectivity index (χ0n) is 10.0. The molecule has 1 aromatic rings. The minimum atomic E-state index is 0.0116. The van der Waals surface area contributed by atoms with Crippen molar-refractivity contribution in [3.05, 3.63) is 5.01 Å². The summed E-state index contributed by atoms with van der Waals surface area (Å²) in [5.41, 5.74) is 0. The number of rotatable bonds is 6. The maximum Gasteiger partial charge on any atom is 0.281 e. The number of nitrogens with one attached hydrogen (secondary N) is 2. The van der Waals surface area contributed by atoms with Crippen LogP contribution in [-0.4, -0.2) is 35.7 Å². The number of anilines is 1. The predicted molar refractivity (Wildman–Crippen MR) is 64.8 cm³/mol. The summed E-state index contributed by atoms with van der Waals surface area (Å²) in [4.78, 5) is 12.9. The molecule has 2 N–H and O–H groups in total. The lowest BCUT2D eigenvalue weighted by Gasteiger charge is -2.13. The van der Waals surface area contributed by atoms with Gasteiger partial charge in [-0.3, -0.25) is 10.1 Å². The summed E-state index contributed by atoms with van der Waals surface area (Å²) >= 11 is 1.44. The fourth-order valence-electron chi connectivity index (χ4n) is 1.34. The number of nitrogens with zero attached hydrogens (tertiary/aromatic N) is 2. The van der Waals surface area contributed by atoms with E-state index < -0.39 is 0 Å². The van der Waals surface area contributed by atoms with Crippen molar-refractivity contribution < 1.29 is 9.69 Å². The number of aryl methyl sites for hydroxylation is 1. The van der Waals surface area contributed by atoms with Gasteiger partial charge in [0.1, 0.15) is 5.01 Å². The number of hydrogen-bond donors (Lipinski definition) is 2. The summed E-state index contributed by atoms with van der Waals surface area (Å²) in [5.74, 6) is 0.0116. The summed E-state index contributed by atoms with van der Waals surface area (Å²) in [5, 5.41) is 12.2. The van der Waals surface area contributed by atoms with Gasteiger partial charge in [0, 0.05) is 0 Å². The van der Waals surface area contributed by atoms with Crippen LogP contribution < -0.4 is 10.2 Å². The van der Waals surface area contributed by atoms with Crippen molar-refractivity contribution in [1.82, 2.24) is 10.2 Å². The lowest BCUT2D eigenvalue weighted by Crippen LogP contribution is -3.12. The van der Waals surface area contributed by atoms with E-state index in [9.17, 15) is 4.79 Å². The van der Waals surface area contributed by atoms with Crippen molar-refractivity contribution >= 4 is 22.4 Å². The molecule has 1 aromatic heterocycles. The first kappa shape index (κ1) is 13.1. The van der Waals surface area contributed by atoms with E-state index in [-0.39, 0.29) is 5.91 Å². The largest absolute Gasteiger partial charge is 0.328 e. The van der Waals surface area contributed by atoms with Gasteiger partial charge in [-0.1, -0.05) is 18.3 Å². The van der Waals surface area contributed by atoms with Gasteiger partial charge in [-0.05, 0) is 20.3 Å². The molecule has 0 aliphatic carbocycles. The van der Waals surface area contributed by atoms with Gasteiger partial charge in [-0.25, -0.2) is 0 Å². The zero-order valence-corrected chi connectivity index (χ0v) is 10.9. The van der Waals surface area contributed by atoms with E-state index in [1.807, 2.05) is 6.92 Å². The Bertz CT molecular complexity index is 335. The number of likely N-dealkylation sites (N-methyl/N-ethyl adjacent to an activating group) is 1. The van der Waals surface area contributed by atoms with Crippen LogP contribution in [0.25, 0.3) is 0 Å². The number of aromatic nitrogens is 2. The first-order valence-electron chi connectivity index (χ1n) is 5.65. The molecule has 0 aliphatic rings. The minimum Gasteiger partial charge on any atom is -0.328 e. The van der Waals surface area contributed by atoms with Crippen LogP contribution in [0.5, 0.6) is 0 Å². The van der Waals surface area contributed by atoms with Crippen LogP contribution in [0, 0.1) is 0 Å². The van der Waals surface area contributed by atoms with Crippen LogP contribution in [0.2, 0.25) is 0 Å². The topological polar surface area (TPSA) is 59.3 Å². The van der Waals surface area contributed by atoms with Crippen LogP contribution in [-0.2, 0) is 11.2 Å². The van der Waals surface area contributed by atoms with E-state index in [4.69, 9.17) is 0 Å². The maximum atomic E-state index is 11.6. The molecule has 0 fully saturated rings. The molecular formula is C10H19N4OS+. The van der Waals surface area contributed by atoms with Crippen LogP contribution in [0.15, 0.2) is 0 Å². The number of quaternary nitrogens is 1. The second-order valence-corrected chi connectivity index (χ2v) is 4.60. The highest BCUT2D eigenvalue weighted by atomic mass is 32.1. The molecule has 0 spiro atoms. The fourth-order valence-corrected chi connectivity index (χ4v) is 2.03. The highest BCUT2D eigenvalue weighted by Gasteiger charge is 2.12. The van der Waals surface area contributed by atoms with E-state index in [0.29, 0.717) is 11.7 Å². The van der Waals surface area contributed by atoms with Crippen LogP contribution >= 0.6 is 11.3 Å². The van der Waals surface area contributed by atoms with Gasteiger partial charge in [-0.15, -0.1) is 10.2 Å². The van der Waals surface area contributed by atoms with Crippen molar-refractivity contribution in [1.29, 1.82) is 0 Å². The molecule has 0 radical (unpaired) electrons. The Balaban J connectivity index is 2.44. The van der Waals surface area contributed by atoms with Crippen LogP contribution in [0.4, 0.5) is 5.13 Å². The molecule has 0 atom stereocenters. The van der Waals surface area contributed by atoms with Gasteiger partial charge >= 0.3 is 0 Å². The average Bonchev–Trinajstić information content (AvgIpc) is 2.73. The molecule has 1 heterocycles. The first-order valence-corrected chi connectivity index (χ1v) is 6.47. The van der Waals surface area contributed by atoms with Gasteiger partial charge in [0.25, 0.3) is 5.91 Å². The molecule has 0 aromatic carbocycles. The van der Waals surface area contributed by atoms with Gasteiger partial charge < -0.3 is 4.90 Å². The molecule has 0 aliphatic heterocycles. The van der Waals surface area contributed by atoms with E-state index >= 15 is 0 Å². The molecule has 16 heavy (non-hydrogen) atoms. The maximum absolute atomic E-state index is 11.6. The van der Waals surface area contributed by atoms with Crippen molar-refractivity contribution in [3.8, 4) is 0 Å². The van der Waals surface area contributed by atoms with Crippen LogP contribution in [0.3, 0.4) is 0 Å². The highest BCUT2D eigenvalue weighted by molar-refractivity contribution is 7.15. The molecule has 90 valence electrons. The minimum absolute atomic E-state index is 0.0116. The Hall–Kier alpha value is -1.01. The lowest BCUT2D eigenvalue weighted by atomic mass is 10.4. The highest BCUT2D eigenvalue weighted by Crippen LogP contribution is 2.14.